The van der Waals surface area contributed by atoms with Gasteiger partial charge in [-0.1, -0.05) is 0 Å². The van der Waals surface area contributed by atoms with Gasteiger partial charge in [0.2, 0.25) is 0 Å². The number of hydrogen-bond acceptors (Lipinski definition) is 9. The second kappa shape index (κ2) is 11.2. The van der Waals surface area contributed by atoms with Crippen LogP contribution < -0.4 is 19.7 Å². The Hall–Kier alpha value is -2.94. The van der Waals surface area contributed by atoms with Crippen LogP contribution >= 0.6 is 0 Å². The molecular weight excluding hydrogens is 380 g/mol. The Balaban J connectivity index is 2.47. The lowest BCUT2D eigenvalue weighted by Gasteiger charge is -2.31. The van der Waals surface area contributed by atoms with Gasteiger partial charge in [-0.15, -0.1) is 0 Å². The molecule has 1 aromatic rings. The Morgan fingerprint density at radius 2 is 1.72 bits per heavy atom. The van der Waals surface area contributed by atoms with Crippen LogP contribution in [0.1, 0.15) is 13.8 Å². The van der Waals surface area contributed by atoms with Gasteiger partial charge in [0.15, 0.2) is 0 Å². The van der Waals surface area contributed by atoms with E-state index >= 15 is 0 Å². The minimum atomic E-state index is -0.715. The van der Waals surface area contributed by atoms with E-state index in [0.29, 0.717) is 43.6 Å². The molecule has 0 bridgehead atoms. The number of esters is 2. The molecule has 0 amide bonds. The highest BCUT2D eigenvalue weighted by Crippen LogP contribution is 2.39. The fourth-order valence-corrected chi connectivity index (χ4v) is 2.82. The Kier molecular flexibility index (Phi) is 8.60. The van der Waals surface area contributed by atoms with Gasteiger partial charge in [0.1, 0.15) is 17.2 Å². The first-order valence-corrected chi connectivity index (χ1v) is 9.45. The summed E-state index contributed by atoms with van der Waals surface area (Å²) in [6, 6.07) is 3.60. The van der Waals surface area contributed by atoms with E-state index in [1.165, 1.54) is 14.2 Å². The number of carbonyl (C=O) groups excluding carboxylic acids is 2. The second-order valence-electron chi connectivity index (χ2n) is 5.98. The largest absolute Gasteiger partial charge is 0.492 e. The number of carbonyl (C=O) groups is 2. The highest BCUT2D eigenvalue weighted by molar-refractivity contribution is 5.99. The number of morpholine rings is 1. The van der Waals surface area contributed by atoms with E-state index in [-0.39, 0.29) is 5.70 Å². The fraction of sp³-hybridized carbons (Fsp3) is 0.500. The first kappa shape index (κ1) is 22.4. The maximum atomic E-state index is 12.1. The molecule has 1 aromatic carbocycles. The molecule has 2 rings (SSSR count). The van der Waals surface area contributed by atoms with Gasteiger partial charge in [-0.3, -0.25) is 0 Å². The van der Waals surface area contributed by atoms with Crippen molar-refractivity contribution in [2.75, 3.05) is 64.0 Å². The van der Waals surface area contributed by atoms with Gasteiger partial charge in [0.25, 0.3) is 0 Å². The summed E-state index contributed by atoms with van der Waals surface area (Å²) in [5.41, 5.74) is 1.26. The molecule has 0 aromatic heterocycles. The Morgan fingerprint density at radius 3 is 2.31 bits per heavy atom. The summed E-state index contributed by atoms with van der Waals surface area (Å²) in [5.74, 6) is -0.265. The van der Waals surface area contributed by atoms with Crippen molar-refractivity contribution in [2.24, 2.45) is 0 Å². The monoisotopic (exact) mass is 408 g/mol. The third-order valence-electron chi connectivity index (χ3n) is 4.15. The van der Waals surface area contributed by atoms with Gasteiger partial charge in [-0.05, 0) is 13.8 Å². The number of rotatable bonds is 9. The fourth-order valence-electron chi connectivity index (χ4n) is 2.82. The Labute approximate surface area is 170 Å². The minimum absolute atomic E-state index is 0.0816. The predicted octanol–water partition coefficient (Wildman–Crippen LogP) is 1.96. The molecule has 29 heavy (non-hydrogen) atoms. The lowest BCUT2D eigenvalue weighted by Crippen LogP contribution is -2.36. The summed E-state index contributed by atoms with van der Waals surface area (Å²) in [6.45, 7) is 7.35. The summed E-state index contributed by atoms with van der Waals surface area (Å²) in [7, 11) is 2.45. The van der Waals surface area contributed by atoms with E-state index in [1.54, 1.807) is 6.07 Å². The van der Waals surface area contributed by atoms with Gasteiger partial charge in [0.05, 0.1) is 58.1 Å². The highest BCUT2D eigenvalue weighted by atomic mass is 16.5. The summed E-state index contributed by atoms with van der Waals surface area (Å²) in [4.78, 5) is 25.9. The smallest absolute Gasteiger partial charge is 0.354 e. The van der Waals surface area contributed by atoms with E-state index in [4.69, 9.17) is 18.9 Å². The molecule has 9 heteroatoms. The van der Waals surface area contributed by atoms with E-state index in [1.807, 2.05) is 19.9 Å². The van der Waals surface area contributed by atoms with Crippen molar-refractivity contribution in [1.82, 2.24) is 0 Å². The SMILES string of the molecule is CCOc1cc(N2CCOCC2)c(OCC)cc1N/C(=C/C(=O)OC)C(=O)OC. The van der Waals surface area contributed by atoms with Crippen molar-refractivity contribution in [3.05, 3.63) is 23.9 Å². The molecule has 0 spiro atoms. The molecule has 1 N–H and O–H groups in total. The number of nitrogens with zero attached hydrogens (tertiary/aromatic N) is 1. The topological polar surface area (TPSA) is 95.6 Å². The van der Waals surface area contributed by atoms with Gasteiger partial charge in [0, 0.05) is 25.2 Å². The van der Waals surface area contributed by atoms with E-state index in [0.717, 1.165) is 24.9 Å². The molecule has 0 unspecified atom stereocenters. The van der Waals surface area contributed by atoms with Gasteiger partial charge in [-0.2, -0.15) is 0 Å². The standard InChI is InChI=1S/C20H28N2O7/c1-5-28-17-13-16(22-7-9-27-10-8-22)18(29-6-2)11-14(17)21-15(20(24)26-4)12-19(23)25-3/h11-13,21H,5-10H2,1-4H3/b15-12+. The predicted molar refractivity (Wildman–Crippen MR) is 108 cm³/mol. The molecule has 1 fully saturated rings. The van der Waals surface area contributed by atoms with Crippen LogP contribution in [0.5, 0.6) is 11.5 Å². The Bertz CT molecular complexity index is 743. The van der Waals surface area contributed by atoms with Crippen LogP contribution in [0.2, 0.25) is 0 Å². The molecule has 0 saturated carbocycles. The molecule has 0 radical (unpaired) electrons. The summed E-state index contributed by atoms with van der Waals surface area (Å²) < 4.78 is 26.4. The lowest BCUT2D eigenvalue weighted by molar-refractivity contribution is -0.138. The van der Waals surface area contributed by atoms with Crippen molar-refractivity contribution in [1.29, 1.82) is 0 Å². The van der Waals surface area contributed by atoms with E-state index < -0.39 is 11.9 Å². The number of ether oxygens (including phenoxy) is 5. The van der Waals surface area contributed by atoms with E-state index in [9.17, 15) is 9.59 Å². The zero-order valence-corrected chi connectivity index (χ0v) is 17.3. The second-order valence-corrected chi connectivity index (χ2v) is 5.98. The van der Waals surface area contributed by atoms with Crippen LogP contribution in [0.15, 0.2) is 23.9 Å². The quantitative estimate of drug-likeness (QED) is 0.486. The maximum absolute atomic E-state index is 12.1. The molecule has 1 aliphatic rings. The average Bonchev–Trinajstić information content (AvgIpc) is 2.75. The molecule has 0 atom stereocenters. The molecule has 1 heterocycles. The minimum Gasteiger partial charge on any atom is -0.492 e. The normalized spacial score (nSPS) is 14.2. The summed E-state index contributed by atoms with van der Waals surface area (Å²) in [5, 5.41) is 2.91. The van der Waals surface area contributed by atoms with Crippen LogP contribution in [0.25, 0.3) is 0 Å². The number of methoxy groups -OCH3 is 2. The van der Waals surface area contributed by atoms with Crippen molar-refractivity contribution in [3.63, 3.8) is 0 Å². The number of hydrogen-bond donors (Lipinski definition) is 1. The lowest BCUT2D eigenvalue weighted by atomic mass is 10.2. The highest BCUT2D eigenvalue weighted by Gasteiger charge is 2.21. The van der Waals surface area contributed by atoms with Gasteiger partial charge >= 0.3 is 11.9 Å². The molecular formula is C20H28N2O7. The van der Waals surface area contributed by atoms with Crippen LogP contribution in [-0.4, -0.2) is 65.7 Å². The Morgan fingerprint density at radius 1 is 1.07 bits per heavy atom. The van der Waals surface area contributed by atoms with Crippen molar-refractivity contribution in [3.8, 4) is 11.5 Å². The zero-order valence-electron chi connectivity index (χ0n) is 17.3. The first-order chi connectivity index (χ1) is 14.0. The van der Waals surface area contributed by atoms with Gasteiger partial charge in [-0.25, -0.2) is 9.59 Å². The molecule has 1 saturated heterocycles. The van der Waals surface area contributed by atoms with Gasteiger partial charge < -0.3 is 33.9 Å². The van der Waals surface area contributed by atoms with Crippen molar-refractivity contribution < 1.29 is 33.3 Å². The molecule has 1 aliphatic heterocycles. The van der Waals surface area contributed by atoms with Crippen molar-refractivity contribution >= 4 is 23.3 Å². The molecule has 0 aliphatic carbocycles. The van der Waals surface area contributed by atoms with Crippen LogP contribution in [0.3, 0.4) is 0 Å². The van der Waals surface area contributed by atoms with Crippen molar-refractivity contribution in [2.45, 2.75) is 13.8 Å². The van der Waals surface area contributed by atoms with Crippen LogP contribution in [0, 0.1) is 0 Å². The number of nitrogens with one attached hydrogen (secondary N) is 1. The zero-order chi connectivity index (χ0) is 21.2. The maximum Gasteiger partial charge on any atom is 0.354 e. The third kappa shape index (κ3) is 6.02. The van der Waals surface area contributed by atoms with Crippen LogP contribution in [-0.2, 0) is 23.8 Å². The summed E-state index contributed by atoms with van der Waals surface area (Å²) in [6.07, 6.45) is 1.03. The van der Waals surface area contributed by atoms with E-state index in [2.05, 4.69) is 15.0 Å². The molecule has 9 nitrogen and oxygen atoms in total. The number of benzene rings is 1. The first-order valence-electron chi connectivity index (χ1n) is 9.45. The third-order valence-corrected chi connectivity index (χ3v) is 4.15. The summed E-state index contributed by atoms with van der Waals surface area (Å²) >= 11 is 0. The average molecular weight is 408 g/mol. The van der Waals surface area contributed by atoms with Crippen LogP contribution in [0.4, 0.5) is 11.4 Å². The number of anilines is 2. The molecule has 160 valence electrons.